The normalized spacial score (nSPS) is 21.0. The number of hydrogen-bond donors (Lipinski definition) is 1. The molecule has 4 rings (SSSR count). The molecule has 6 nitrogen and oxygen atoms in total. The predicted octanol–water partition coefficient (Wildman–Crippen LogP) is 2.94. The third-order valence-electron chi connectivity index (χ3n) is 5.63. The summed E-state index contributed by atoms with van der Waals surface area (Å²) in [6, 6.07) is 16.3. The van der Waals surface area contributed by atoms with E-state index >= 15 is 0 Å². The molecule has 2 aromatic rings. The molecule has 2 aliphatic rings. The largest absolute Gasteiger partial charge is 0.467 e. The molecule has 6 heteroatoms. The van der Waals surface area contributed by atoms with Gasteiger partial charge in [0.05, 0.1) is 13.7 Å². The fourth-order valence-corrected chi connectivity index (χ4v) is 4.23. The van der Waals surface area contributed by atoms with Crippen LogP contribution in [0.2, 0.25) is 0 Å². The quantitative estimate of drug-likeness (QED) is 0.828. The summed E-state index contributed by atoms with van der Waals surface area (Å²) < 4.78 is 10.3. The zero-order chi connectivity index (χ0) is 19.7. The maximum absolute atomic E-state index is 12.6. The molecule has 1 unspecified atom stereocenters. The van der Waals surface area contributed by atoms with E-state index in [2.05, 4.69) is 29.0 Å². The van der Waals surface area contributed by atoms with E-state index in [0.29, 0.717) is 13.0 Å². The molecule has 0 bridgehead atoms. The van der Waals surface area contributed by atoms with E-state index in [9.17, 15) is 14.7 Å². The second-order valence-corrected chi connectivity index (χ2v) is 7.35. The van der Waals surface area contributed by atoms with Gasteiger partial charge in [-0.2, -0.15) is 0 Å². The van der Waals surface area contributed by atoms with Crippen LogP contribution < -0.4 is 0 Å². The number of rotatable bonds is 3. The number of esters is 1. The van der Waals surface area contributed by atoms with Crippen molar-refractivity contribution in [3.05, 3.63) is 59.7 Å². The van der Waals surface area contributed by atoms with Gasteiger partial charge in [-0.1, -0.05) is 48.5 Å². The van der Waals surface area contributed by atoms with E-state index in [1.54, 1.807) is 0 Å². The topological polar surface area (TPSA) is 76.1 Å². The Balaban J connectivity index is 1.48. The van der Waals surface area contributed by atoms with E-state index in [0.717, 1.165) is 22.3 Å². The minimum Gasteiger partial charge on any atom is -0.467 e. The van der Waals surface area contributed by atoms with Gasteiger partial charge in [0.15, 0.2) is 5.60 Å². The first-order valence-corrected chi connectivity index (χ1v) is 9.44. The second kappa shape index (κ2) is 7.28. The van der Waals surface area contributed by atoms with Crippen LogP contribution in [0, 0.1) is 0 Å². The molecule has 1 N–H and O–H groups in total. The molecule has 1 atom stereocenters. The SMILES string of the molecule is COC(=O)C1(O)CCCN(C(=O)OCC2c3ccccc3-c3ccccc32)C1. The third kappa shape index (κ3) is 3.14. The molecule has 1 amide bonds. The van der Waals surface area contributed by atoms with Gasteiger partial charge < -0.3 is 19.5 Å². The van der Waals surface area contributed by atoms with Crippen LogP contribution in [0.1, 0.15) is 29.9 Å². The lowest BCUT2D eigenvalue weighted by atomic mass is 9.93. The first-order valence-electron chi connectivity index (χ1n) is 9.44. The lowest BCUT2D eigenvalue weighted by molar-refractivity contribution is -0.167. The van der Waals surface area contributed by atoms with E-state index < -0.39 is 17.7 Å². The number of aliphatic hydroxyl groups is 1. The van der Waals surface area contributed by atoms with Gasteiger partial charge in [0, 0.05) is 12.5 Å². The number of carbonyl (C=O) groups excluding carboxylic acids is 2. The minimum atomic E-state index is -1.67. The molecule has 1 heterocycles. The first kappa shape index (κ1) is 18.5. The smallest absolute Gasteiger partial charge is 0.409 e. The highest BCUT2D eigenvalue weighted by Gasteiger charge is 2.43. The number of likely N-dealkylation sites (tertiary alicyclic amines) is 1. The Hall–Kier alpha value is -2.86. The monoisotopic (exact) mass is 381 g/mol. The molecule has 0 radical (unpaired) electrons. The van der Waals surface area contributed by atoms with Crippen molar-refractivity contribution in [2.45, 2.75) is 24.4 Å². The van der Waals surface area contributed by atoms with Gasteiger partial charge >= 0.3 is 12.1 Å². The van der Waals surface area contributed by atoms with Gasteiger partial charge in [0.25, 0.3) is 0 Å². The van der Waals surface area contributed by atoms with E-state index in [-0.39, 0.29) is 25.5 Å². The van der Waals surface area contributed by atoms with Crippen LogP contribution in [-0.2, 0) is 14.3 Å². The van der Waals surface area contributed by atoms with Crippen LogP contribution in [0.4, 0.5) is 4.79 Å². The molecule has 28 heavy (non-hydrogen) atoms. The summed E-state index contributed by atoms with van der Waals surface area (Å²) in [6.07, 6.45) is 0.256. The van der Waals surface area contributed by atoms with Crippen molar-refractivity contribution >= 4 is 12.1 Å². The molecule has 1 saturated heterocycles. The summed E-state index contributed by atoms with van der Waals surface area (Å²) in [5.74, 6) is -0.746. The summed E-state index contributed by atoms with van der Waals surface area (Å²) in [5, 5.41) is 10.5. The molecular weight excluding hydrogens is 358 g/mol. The van der Waals surface area contributed by atoms with Crippen LogP contribution in [0.5, 0.6) is 0 Å². The Morgan fingerprint density at radius 3 is 2.32 bits per heavy atom. The Morgan fingerprint density at radius 2 is 1.71 bits per heavy atom. The van der Waals surface area contributed by atoms with Gasteiger partial charge in [-0.3, -0.25) is 0 Å². The zero-order valence-electron chi connectivity index (χ0n) is 15.8. The number of piperidine rings is 1. The van der Waals surface area contributed by atoms with Gasteiger partial charge in [-0.05, 0) is 35.1 Å². The molecule has 1 fully saturated rings. The third-order valence-corrected chi connectivity index (χ3v) is 5.63. The number of amides is 1. The Morgan fingerprint density at radius 1 is 1.11 bits per heavy atom. The summed E-state index contributed by atoms with van der Waals surface area (Å²) in [5.41, 5.74) is 2.94. The zero-order valence-corrected chi connectivity index (χ0v) is 15.8. The molecule has 0 aromatic heterocycles. The lowest BCUT2D eigenvalue weighted by Crippen LogP contribution is -2.55. The van der Waals surface area contributed by atoms with Crippen molar-refractivity contribution in [3.63, 3.8) is 0 Å². The van der Waals surface area contributed by atoms with Gasteiger partial charge in [-0.25, -0.2) is 9.59 Å². The number of ether oxygens (including phenoxy) is 2. The number of fused-ring (bicyclic) bond motifs is 3. The van der Waals surface area contributed by atoms with Crippen LogP contribution in [-0.4, -0.2) is 54.5 Å². The molecule has 2 aromatic carbocycles. The second-order valence-electron chi connectivity index (χ2n) is 7.35. The highest BCUT2D eigenvalue weighted by Crippen LogP contribution is 2.44. The van der Waals surface area contributed by atoms with Crippen molar-refractivity contribution < 1.29 is 24.2 Å². The van der Waals surface area contributed by atoms with Gasteiger partial charge in [0.2, 0.25) is 0 Å². The van der Waals surface area contributed by atoms with Crippen LogP contribution in [0.3, 0.4) is 0 Å². The number of hydrogen-bond acceptors (Lipinski definition) is 5. The van der Waals surface area contributed by atoms with Crippen molar-refractivity contribution in [1.29, 1.82) is 0 Å². The summed E-state index contributed by atoms with van der Waals surface area (Å²) in [7, 11) is 1.23. The van der Waals surface area contributed by atoms with Crippen LogP contribution >= 0.6 is 0 Å². The molecular formula is C22H23NO5. The predicted molar refractivity (Wildman–Crippen MR) is 103 cm³/mol. The Labute approximate surface area is 163 Å². The summed E-state index contributed by atoms with van der Waals surface area (Å²) in [4.78, 5) is 25.8. The average molecular weight is 381 g/mol. The minimum absolute atomic E-state index is 0.0272. The number of β-amino-alcohol motifs (C(OH)–C–C–N with tert-alkyl or cyclic N) is 1. The number of methoxy groups -OCH3 is 1. The van der Waals surface area contributed by atoms with Crippen LogP contribution in [0.15, 0.2) is 48.5 Å². The average Bonchev–Trinajstić information content (AvgIpc) is 3.05. The van der Waals surface area contributed by atoms with Crippen molar-refractivity contribution in [2.24, 2.45) is 0 Å². The number of nitrogens with zero attached hydrogens (tertiary/aromatic N) is 1. The Kier molecular flexibility index (Phi) is 4.81. The fourth-order valence-electron chi connectivity index (χ4n) is 4.23. The lowest BCUT2D eigenvalue weighted by Gasteiger charge is -2.36. The van der Waals surface area contributed by atoms with Crippen LogP contribution in [0.25, 0.3) is 11.1 Å². The summed E-state index contributed by atoms with van der Waals surface area (Å²) >= 11 is 0. The fraction of sp³-hybridized carbons (Fsp3) is 0.364. The van der Waals surface area contributed by atoms with Crippen molar-refractivity contribution in [2.75, 3.05) is 26.8 Å². The highest BCUT2D eigenvalue weighted by atomic mass is 16.6. The standard InChI is InChI=1S/C22H23NO5/c1-27-20(24)22(26)11-6-12-23(14-22)21(25)28-13-19-17-9-4-2-7-15(17)16-8-3-5-10-18(16)19/h2-5,7-10,19,26H,6,11-14H2,1H3. The van der Waals surface area contributed by atoms with Gasteiger partial charge in [-0.15, -0.1) is 0 Å². The molecule has 0 spiro atoms. The molecule has 1 aliphatic heterocycles. The van der Waals surface area contributed by atoms with Crippen molar-refractivity contribution in [1.82, 2.24) is 4.90 Å². The first-order chi connectivity index (χ1) is 13.5. The summed E-state index contributed by atoms with van der Waals surface area (Å²) in [6.45, 7) is 0.534. The Bertz CT molecular complexity index is 866. The van der Waals surface area contributed by atoms with E-state index in [4.69, 9.17) is 4.74 Å². The van der Waals surface area contributed by atoms with Gasteiger partial charge in [0.1, 0.15) is 6.61 Å². The number of benzene rings is 2. The number of carbonyl (C=O) groups is 2. The molecule has 1 aliphatic carbocycles. The van der Waals surface area contributed by atoms with E-state index in [1.807, 2.05) is 24.3 Å². The maximum Gasteiger partial charge on any atom is 0.409 e. The highest BCUT2D eigenvalue weighted by molar-refractivity contribution is 5.81. The molecule has 0 saturated carbocycles. The molecule has 146 valence electrons. The van der Waals surface area contributed by atoms with Crippen molar-refractivity contribution in [3.8, 4) is 11.1 Å². The van der Waals surface area contributed by atoms with E-state index in [1.165, 1.54) is 12.0 Å². The maximum atomic E-state index is 12.6.